The van der Waals surface area contributed by atoms with Crippen molar-refractivity contribution >= 4 is 11.6 Å². The van der Waals surface area contributed by atoms with Gasteiger partial charge >= 0.3 is 0 Å². The molecular formula is C20H34N4O. The lowest BCUT2D eigenvalue weighted by Crippen LogP contribution is -2.45. The maximum absolute atomic E-state index is 5.42. The lowest BCUT2D eigenvalue weighted by Gasteiger charge is -2.32. The Labute approximate surface area is 152 Å². The van der Waals surface area contributed by atoms with E-state index < -0.39 is 0 Å². The number of piperidine rings is 1. The van der Waals surface area contributed by atoms with Crippen LogP contribution in [-0.4, -0.2) is 45.4 Å². The lowest BCUT2D eigenvalue weighted by molar-refractivity contribution is 0.0268. The topological polar surface area (TPSA) is 48.9 Å². The maximum atomic E-state index is 5.42. The van der Waals surface area contributed by atoms with E-state index in [-0.39, 0.29) is 5.60 Å². The monoisotopic (exact) mass is 346 g/mol. The number of hydrogen-bond acceptors (Lipinski definition) is 3. The number of aliphatic imine (C=N–C) groups is 1. The summed E-state index contributed by atoms with van der Waals surface area (Å²) in [6.45, 7) is 10.2. The second kappa shape index (κ2) is 9.09. The molecule has 0 aliphatic carbocycles. The third-order valence-electron chi connectivity index (χ3n) is 5.00. The summed E-state index contributed by atoms with van der Waals surface area (Å²) in [5.41, 5.74) is 2.37. The van der Waals surface area contributed by atoms with Crippen molar-refractivity contribution in [2.24, 2.45) is 10.9 Å². The zero-order chi connectivity index (χ0) is 18.3. The van der Waals surface area contributed by atoms with E-state index in [1.54, 1.807) is 14.2 Å². The van der Waals surface area contributed by atoms with Gasteiger partial charge < -0.3 is 20.3 Å². The summed E-state index contributed by atoms with van der Waals surface area (Å²) in [4.78, 5) is 6.76. The van der Waals surface area contributed by atoms with E-state index >= 15 is 0 Å². The van der Waals surface area contributed by atoms with Gasteiger partial charge in [-0.2, -0.15) is 0 Å². The van der Waals surface area contributed by atoms with Crippen molar-refractivity contribution in [3.05, 3.63) is 29.8 Å². The first-order valence-electron chi connectivity index (χ1n) is 9.27. The van der Waals surface area contributed by atoms with Crippen LogP contribution < -0.4 is 15.5 Å². The number of hydrogen-bond donors (Lipinski definition) is 2. The Kier molecular flexibility index (Phi) is 7.12. The Morgan fingerprint density at radius 3 is 2.40 bits per heavy atom. The fourth-order valence-electron chi connectivity index (χ4n) is 2.87. The molecule has 0 amide bonds. The first-order valence-corrected chi connectivity index (χ1v) is 9.27. The standard InChI is InChI=1S/C20H34N4O/c1-16-10-12-24(13-11-16)18-8-6-17(7-9-18)14-22-19(21-4)23-15-20(2,3)25-5/h6-9,16H,10-15H2,1-5H3,(H2,21,22,23). The highest BCUT2D eigenvalue weighted by Crippen LogP contribution is 2.23. The normalized spacial score (nSPS) is 16.8. The third-order valence-corrected chi connectivity index (χ3v) is 5.00. The summed E-state index contributed by atoms with van der Waals surface area (Å²) in [5.74, 6) is 1.65. The molecule has 5 nitrogen and oxygen atoms in total. The molecule has 0 spiro atoms. The van der Waals surface area contributed by atoms with Gasteiger partial charge in [0.1, 0.15) is 0 Å². The third kappa shape index (κ3) is 6.24. The van der Waals surface area contributed by atoms with Gasteiger partial charge in [-0.05, 0) is 50.3 Å². The SMILES string of the molecule is CN=C(NCc1ccc(N2CCC(C)CC2)cc1)NCC(C)(C)OC. The molecule has 2 N–H and O–H groups in total. The summed E-state index contributed by atoms with van der Waals surface area (Å²) < 4.78 is 5.42. The minimum atomic E-state index is -0.217. The molecule has 1 aliphatic heterocycles. The minimum Gasteiger partial charge on any atom is -0.377 e. The average molecular weight is 347 g/mol. The average Bonchev–Trinajstić information content (AvgIpc) is 2.63. The van der Waals surface area contributed by atoms with Crippen molar-refractivity contribution in [1.82, 2.24) is 10.6 Å². The summed E-state index contributed by atoms with van der Waals surface area (Å²) in [6, 6.07) is 8.87. The molecular weight excluding hydrogens is 312 g/mol. The van der Waals surface area contributed by atoms with Crippen molar-refractivity contribution in [2.45, 2.75) is 45.8 Å². The number of anilines is 1. The summed E-state index contributed by atoms with van der Waals surface area (Å²) in [6.07, 6.45) is 2.59. The van der Waals surface area contributed by atoms with Crippen LogP contribution in [0.3, 0.4) is 0 Å². The molecule has 5 heteroatoms. The van der Waals surface area contributed by atoms with E-state index in [4.69, 9.17) is 4.74 Å². The Morgan fingerprint density at radius 1 is 1.20 bits per heavy atom. The highest BCUT2D eigenvalue weighted by molar-refractivity contribution is 5.79. The van der Waals surface area contributed by atoms with Gasteiger partial charge in [-0.3, -0.25) is 4.99 Å². The molecule has 1 aromatic rings. The fraction of sp³-hybridized carbons (Fsp3) is 0.650. The van der Waals surface area contributed by atoms with E-state index in [0.717, 1.165) is 18.4 Å². The Balaban J connectivity index is 1.82. The van der Waals surface area contributed by atoms with Crippen LogP contribution in [0.25, 0.3) is 0 Å². The zero-order valence-corrected chi connectivity index (χ0v) is 16.4. The van der Waals surface area contributed by atoms with Crippen LogP contribution in [0.15, 0.2) is 29.3 Å². The second-order valence-electron chi connectivity index (χ2n) is 7.58. The van der Waals surface area contributed by atoms with Gasteiger partial charge in [-0.25, -0.2) is 0 Å². The van der Waals surface area contributed by atoms with E-state index in [1.165, 1.54) is 37.2 Å². The van der Waals surface area contributed by atoms with Gasteiger partial charge in [0.05, 0.1) is 5.60 Å². The second-order valence-corrected chi connectivity index (χ2v) is 7.58. The number of ether oxygens (including phenoxy) is 1. The van der Waals surface area contributed by atoms with Crippen LogP contribution in [0.5, 0.6) is 0 Å². The molecule has 0 atom stereocenters. The van der Waals surface area contributed by atoms with Crippen molar-refractivity contribution < 1.29 is 4.74 Å². The molecule has 25 heavy (non-hydrogen) atoms. The van der Waals surface area contributed by atoms with Crippen LogP contribution >= 0.6 is 0 Å². The summed E-state index contributed by atoms with van der Waals surface area (Å²) in [5, 5.41) is 6.66. The largest absolute Gasteiger partial charge is 0.377 e. The van der Waals surface area contributed by atoms with E-state index in [0.29, 0.717) is 6.54 Å². The first kappa shape index (κ1) is 19.6. The van der Waals surface area contributed by atoms with Crippen LogP contribution in [0, 0.1) is 5.92 Å². The summed E-state index contributed by atoms with van der Waals surface area (Å²) in [7, 11) is 3.51. The van der Waals surface area contributed by atoms with Crippen LogP contribution in [-0.2, 0) is 11.3 Å². The fourth-order valence-corrected chi connectivity index (χ4v) is 2.87. The maximum Gasteiger partial charge on any atom is 0.191 e. The first-order chi connectivity index (χ1) is 11.9. The van der Waals surface area contributed by atoms with Crippen LogP contribution in [0.2, 0.25) is 0 Å². The molecule has 1 saturated heterocycles. The number of methoxy groups -OCH3 is 1. The molecule has 1 fully saturated rings. The number of nitrogens with zero attached hydrogens (tertiary/aromatic N) is 2. The van der Waals surface area contributed by atoms with E-state index in [9.17, 15) is 0 Å². The van der Waals surface area contributed by atoms with Crippen LogP contribution in [0.4, 0.5) is 5.69 Å². The zero-order valence-electron chi connectivity index (χ0n) is 16.4. The molecule has 0 unspecified atom stereocenters. The van der Waals surface area contributed by atoms with Gasteiger partial charge in [0.15, 0.2) is 5.96 Å². The number of guanidine groups is 1. The Hall–Kier alpha value is -1.75. The molecule has 140 valence electrons. The molecule has 0 radical (unpaired) electrons. The van der Waals surface area contributed by atoms with Gasteiger partial charge in [0.25, 0.3) is 0 Å². The highest BCUT2D eigenvalue weighted by Gasteiger charge is 2.17. The van der Waals surface area contributed by atoms with Gasteiger partial charge in [-0.15, -0.1) is 0 Å². The van der Waals surface area contributed by atoms with Gasteiger partial charge in [-0.1, -0.05) is 19.1 Å². The lowest BCUT2D eigenvalue weighted by atomic mass is 9.99. The number of benzene rings is 1. The molecule has 0 bridgehead atoms. The highest BCUT2D eigenvalue weighted by atomic mass is 16.5. The number of rotatable bonds is 6. The molecule has 0 aromatic heterocycles. The molecule has 1 aromatic carbocycles. The van der Waals surface area contributed by atoms with Crippen molar-refractivity contribution in [1.29, 1.82) is 0 Å². The Bertz CT molecular complexity index is 545. The van der Waals surface area contributed by atoms with E-state index in [2.05, 4.69) is 51.7 Å². The molecule has 1 aliphatic rings. The molecule has 1 heterocycles. The predicted octanol–water partition coefficient (Wildman–Crippen LogP) is 3.01. The number of nitrogens with one attached hydrogen (secondary N) is 2. The van der Waals surface area contributed by atoms with Gasteiger partial charge in [0, 0.05) is 46.0 Å². The van der Waals surface area contributed by atoms with Crippen molar-refractivity contribution in [2.75, 3.05) is 38.7 Å². The van der Waals surface area contributed by atoms with Crippen molar-refractivity contribution in [3.8, 4) is 0 Å². The predicted molar refractivity (Wildman–Crippen MR) is 106 cm³/mol. The van der Waals surface area contributed by atoms with Crippen LogP contribution in [0.1, 0.15) is 39.2 Å². The smallest absolute Gasteiger partial charge is 0.191 e. The Morgan fingerprint density at radius 2 is 1.84 bits per heavy atom. The van der Waals surface area contributed by atoms with E-state index in [1.807, 2.05) is 13.8 Å². The summed E-state index contributed by atoms with van der Waals surface area (Å²) >= 11 is 0. The van der Waals surface area contributed by atoms with Gasteiger partial charge in [0.2, 0.25) is 0 Å². The quantitative estimate of drug-likeness (QED) is 0.614. The van der Waals surface area contributed by atoms with Crippen molar-refractivity contribution in [3.63, 3.8) is 0 Å². The molecule has 0 saturated carbocycles. The molecule has 2 rings (SSSR count). The minimum absolute atomic E-state index is 0.217.